The minimum atomic E-state index is 0.130. The summed E-state index contributed by atoms with van der Waals surface area (Å²) in [5.41, 5.74) is 1.40. The van der Waals surface area contributed by atoms with Gasteiger partial charge >= 0.3 is 0 Å². The molecule has 2 fully saturated rings. The van der Waals surface area contributed by atoms with E-state index in [0.29, 0.717) is 0 Å². The van der Waals surface area contributed by atoms with E-state index in [2.05, 4.69) is 21.2 Å². The normalized spacial score (nSPS) is 22.4. The standard InChI is InChI=1S/C20H31N3OS/c24-20(21-9-6-12-22-10-4-1-5-11-22)18-13-16-14-23(15-19(16)25-18)17-7-2-3-8-17/h13,17H,1-12,14-15H2,(H,21,24). The molecule has 138 valence electrons. The van der Waals surface area contributed by atoms with E-state index in [1.165, 1.54) is 68.5 Å². The van der Waals surface area contributed by atoms with E-state index in [1.807, 2.05) is 0 Å². The van der Waals surface area contributed by atoms with Crippen LogP contribution in [0.5, 0.6) is 0 Å². The molecule has 5 heteroatoms. The molecule has 3 aliphatic rings. The van der Waals surface area contributed by atoms with Crippen molar-refractivity contribution < 1.29 is 4.79 Å². The molecular formula is C20H31N3OS. The molecular weight excluding hydrogens is 330 g/mol. The van der Waals surface area contributed by atoms with Crippen molar-refractivity contribution in [2.45, 2.75) is 70.5 Å². The van der Waals surface area contributed by atoms with Crippen molar-refractivity contribution in [3.05, 3.63) is 21.4 Å². The molecule has 1 amide bonds. The fourth-order valence-electron chi connectivity index (χ4n) is 4.61. The van der Waals surface area contributed by atoms with E-state index >= 15 is 0 Å². The summed E-state index contributed by atoms with van der Waals surface area (Å²) in [5, 5.41) is 3.12. The third-order valence-electron chi connectivity index (χ3n) is 6.07. The highest BCUT2D eigenvalue weighted by Crippen LogP contribution is 2.35. The van der Waals surface area contributed by atoms with Gasteiger partial charge in [0.2, 0.25) is 0 Å². The molecule has 0 unspecified atom stereocenters. The molecule has 4 nitrogen and oxygen atoms in total. The number of rotatable bonds is 6. The number of fused-ring (bicyclic) bond motifs is 1. The summed E-state index contributed by atoms with van der Waals surface area (Å²) in [5.74, 6) is 0.130. The van der Waals surface area contributed by atoms with Gasteiger partial charge in [0.1, 0.15) is 0 Å². The Morgan fingerprint density at radius 1 is 1.12 bits per heavy atom. The number of carbonyl (C=O) groups is 1. The molecule has 25 heavy (non-hydrogen) atoms. The predicted molar refractivity (Wildman–Crippen MR) is 103 cm³/mol. The van der Waals surface area contributed by atoms with Crippen LogP contribution in [0.15, 0.2) is 6.07 Å². The van der Waals surface area contributed by atoms with Crippen LogP contribution in [0, 0.1) is 0 Å². The SMILES string of the molecule is O=C(NCCCN1CCCCC1)c1cc2c(s1)CN(C1CCCC1)C2. The maximum atomic E-state index is 12.4. The Morgan fingerprint density at radius 2 is 1.92 bits per heavy atom. The van der Waals surface area contributed by atoms with Crippen molar-refractivity contribution in [2.75, 3.05) is 26.2 Å². The van der Waals surface area contributed by atoms with E-state index in [0.717, 1.165) is 43.5 Å². The van der Waals surface area contributed by atoms with Gasteiger partial charge in [0.15, 0.2) is 0 Å². The minimum absolute atomic E-state index is 0.130. The summed E-state index contributed by atoms with van der Waals surface area (Å²) in [4.78, 5) is 19.9. The smallest absolute Gasteiger partial charge is 0.261 e. The van der Waals surface area contributed by atoms with Gasteiger partial charge < -0.3 is 10.2 Å². The summed E-state index contributed by atoms with van der Waals surface area (Å²) in [6.07, 6.45) is 10.6. The number of nitrogens with one attached hydrogen (secondary N) is 1. The summed E-state index contributed by atoms with van der Waals surface area (Å²) in [6, 6.07) is 2.93. The average molecular weight is 362 g/mol. The van der Waals surface area contributed by atoms with Crippen molar-refractivity contribution in [3.63, 3.8) is 0 Å². The lowest BCUT2D eigenvalue weighted by molar-refractivity contribution is 0.0955. The van der Waals surface area contributed by atoms with E-state index < -0.39 is 0 Å². The molecule has 2 aliphatic heterocycles. The van der Waals surface area contributed by atoms with E-state index in [-0.39, 0.29) is 5.91 Å². The zero-order valence-electron chi connectivity index (χ0n) is 15.3. The molecule has 1 saturated heterocycles. The van der Waals surface area contributed by atoms with Crippen molar-refractivity contribution in [3.8, 4) is 0 Å². The summed E-state index contributed by atoms with van der Waals surface area (Å²) in [7, 11) is 0. The number of carbonyl (C=O) groups excluding carboxylic acids is 1. The topological polar surface area (TPSA) is 35.6 Å². The number of piperidine rings is 1. The molecule has 1 aliphatic carbocycles. The van der Waals surface area contributed by atoms with Gasteiger partial charge in [0.05, 0.1) is 4.88 Å². The van der Waals surface area contributed by atoms with Gasteiger partial charge in [-0.1, -0.05) is 19.3 Å². The number of nitrogens with zero attached hydrogens (tertiary/aromatic N) is 2. The van der Waals surface area contributed by atoms with Gasteiger partial charge in [0.25, 0.3) is 5.91 Å². The minimum Gasteiger partial charge on any atom is -0.351 e. The second-order valence-corrected chi connectivity index (χ2v) is 9.05. The van der Waals surface area contributed by atoms with Crippen LogP contribution in [-0.4, -0.2) is 47.9 Å². The molecule has 0 spiro atoms. The second-order valence-electron chi connectivity index (χ2n) is 7.91. The number of hydrogen-bond acceptors (Lipinski definition) is 4. The number of thiophene rings is 1. The van der Waals surface area contributed by atoms with Crippen LogP contribution >= 0.6 is 11.3 Å². The van der Waals surface area contributed by atoms with Crippen LogP contribution in [0.4, 0.5) is 0 Å². The third-order valence-corrected chi connectivity index (χ3v) is 7.23. The Morgan fingerprint density at radius 3 is 2.68 bits per heavy atom. The summed E-state index contributed by atoms with van der Waals surface area (Å²) in [6.45, 7) is 6.52. The van der Waals surface area contributed by atoms with Crippen molar-refractivity contribution >= 4 is 17.2 Å². The molecule has 1 aromatic heterocycles. The van der Waals surface area contributed by atoms with E-state index in [9.17, 15) is 4.79 Å². The third kappa shape index (κ3) is 4.26. The fraction of sp³-hybridized carbons (Fsp3) is 0.750. The lowest BCUT2D eigenvalue weighted by atomic mass is 10.1. The molecule has 0 atom stereocenters. The van der Waals surface area contributed by atoms with Gasteiger partial charge in [-0.3, -0.25) is 9.69 Å². The van der Waals surface area contributed by atoms with Crippen molar-refractivity contribution in [1.82, 2.24) is 15.1 Å². The van der Waals surface area contributed by atoms with E-state index in [4.69, 9.17) is 0 Å². The van der Waals surface area contributed by atoms with Crippen LogP contribution in [0.3, 0.4) is 0 Å². The van der Waals surface area contributed by atoms with Crippen LogP contribution < -0.4 is 5.32 Å². The van der Waals surface area contributed by atoms with Gasteiger partial charge in [-0.05, 0) is 63.4 Å². The zero-order chi connectivity index (χ0) is 17.1. The van der Waals surface area contributed by atoms with Crippen LogP contribution in [-0.2, 0) is 13.1 Å². The first-order chi connectivity index (χ1) is 12.3. The monoisotopic (exact) mass is 361 g/mol. The molecule has 1 aromatic rings. The molecule has 1 saturated carbocycles. The lowest BCUT2D eigenvalue weighted by Crippen LogP contribution is -2.33. The van der Waals surface area contributed by atoms with E-state index in [1.54, 1.807) is 11.3 Å². The van der Waals surface area contributed by atoms with Gasteiger partial charge in [-0.15, -0.1) is 11.3 Å². The van der Waals surface area contributed by atoms with Gasteiger partial charge in [0, 0.05) is 30.6 Å². The van der Waals surface area contributed by atoms with Crippen molar-refractivity contribution in [1.29, 1.82) is 0 Å². The highest BCUT2D eigenvalue weighted by Gasteiger charge is 2.30. The Labute approximate surface area is 155 Å². The Kier molecular flexibility index (Phi) is 5.73. The predicted octanol–water partition coefficient (Wildman–Crippen LogP) is 3.61. The first-order valence-electron chi connectivity index (χ1n) is 10.2. The molecule has 0 aromatic carbocycles. The Balaban J connectivity index is 1.20. The summed E-state index contributed by atoms with van der Waals surface area (Å²) < 4.78 is 0. The fourth-order valence-corrected chi connectivity index (χ4v) is 5.72. The largest absolute Gasteiger partial charge is 0.351 e. The first kappa shape index (κ1) is 17.5. The molecule has 0 radical (unpaired) electrons. The zero-order valence-corrected chi connectivity index (χ0v) is 16.1. The maximum Gasteiger partial charge on any atom is 0.261 e. The highest BCUT2D eigenvalue weighted by atomic mass is 32.1. The van der Waals surface area contributed by atoms with Crippen LogP contribution in [0.25, 0.3) is 0 Å². The Hall–Kier alpha value is -0.910. The van der Waals surface area contributed by atoms with Gasteiger partial charge in [-0.25, -0.2) is 0 Å². The van der Waals surface area contributed by atoms with Crippen LogP contribution in [0.1, 0.15) is 71.5 Å². The molecule has 1 N–H and O–H groups in total. The Bertz CT molecular complexity index is 564. The lowest BCUT2D eigenvalue weighted by Gasteiger charge is -2.26. The maximum absolute atomic E-state index is 12.4. The van der Waals surface area contributed by atoms with Crippen molar-refractivity contribution in [2.24, 2.45) is 0 Å². The van der Waals surface area contributed by atoms with Crippen LogP contribution in [0.2, 0.25) is 0 Å². The summed E-state index contributed by atoms with van der Waals surface area (Å²) >= 11 is 1.71. The average Bonchev–Trinajstić information content (AvgIpc) is 3.34. The number of amides is 1. The second kappa shape index (κ2) is 8.19. The molecule has 3 heterocycles. The number of hydrogen-bond donors (Lipinski definition) is 1. The molecule has 0 bridgehead atoms. The molecule has 4 rings (SSSR count). The quantitative estimate of drug-likeness (QED) is 0.786. The van der Waals surface area contributed by atoms with Gasteiger partial charge in [-0.2, -0.15) is 0 Å². The first-order valence-corrected chi connectivity index (χ1v) is 11.0. The highest BCUT2D eigenvalue weighted by molar-refractivity contribution is 7.14. The number of likely N-dealkylation sites (tertiary alicyclic amines) is 1.